The van der Waals surface area contributed by atoms with Gasteiger partial charge in [0.2, 0.25) is 0 Å². The van der Waals surface area contributed by atoms with Gasteiger partial charge in [0.15, 0.2) is 0 Å². The van der Waals surface area contributed by atoms with Gasteiger partial charge in [0.25, 0.3) is 0 Å². The fourth-order valence-corrected chi connectivity index (χ4v) is 11.9. The van der Waals surface area contributed by atoms with Crippen LogP contribution >= 0.6 is 0 Å². The maximum Gasteiger partial charge on any atom is 0.0542 e. The molecule has 13 aromatic rings. The normalized spacial score (nSPS) is 12.8. The van der Waals surface area contributed by atoms with Gasteiger partial charge in [-0.1, -0.05) is 213 Å². The quantitative estimate of drug-likeness (QED) is 0.128. The topological polar surface area (TPSA) is 11.4 Å². The summed E-state index contributed by atoms with van der Waals surface area (Å²) < 4.78 is 2.37. The van der Waals surface area contributed by atoms with Crippen LogP contribution in [0.5, 0.6) is 0 Å². The summed E-state index contributed by atoms with van der Waals surface area (Å²) in [6.07, 6.45) is 0. The van der Waals surface area contributed by atoms with Gasteiger partial charge in [-0.3, -0.25) is 0 Å². The summed E-state index contributed by atoms with van der Waals surface area (Å²) in [5, 5.41) is 2.43. The molecule has 1 heterocycles. The van der Waals surface area contributed by atoms with E-state index in [-0.39, 0.29) is 5.92 Å². The van der Waals surface area contributed by atoms with Gasteiger partial charge in [-0.25, -0.2) is 0 Å². The molecule has 1 aliphatic carbocycles. The number of para-hydroxylation sites is 2. The molecule has 0 fully saturated rings. The number of fused-ring (bicyclic) bond motifs is 6. The maximum absolute atomic E-state index is 4.70. The summed E-state index contributed by atoms with van der Waals surface area (Å²) in [5.41, 5.74) is 24.3. The molecule has 1 unspecified atom stereocenters. The van der Waals surface area contributed by atoms with E-state index in [2.05, 4.69) is 318 Å². The van der Waals surface area contributed by atoms with Crippen molar-refractivity contribution in [1.29, 1.82) is 0 Å². The van der Waals surface area contributed by atoms with Crippen LogP contribution in [0.2, 0.25) is 0 Å². The van der Waals surface area contributed by atoms with E-state index in [1.54, 1.807) is 0 Å². The number of allylic oxidation sites excluding steroid dienone is 1. The Morgan fingerprint density at radius 2 is 0.667 bits per heavy atom. The van der Waals surface area contributed by atoms with E-state index in [0.29, 0.717) is 0 Å². The number of hydrogen-bond donors (Lipinski definition) is 0. The molecule has 0 saturated carbocycles. The molecule has 368 valence electrons. The molecule has 0 spiro atoms. The number of rotatable bonds is 11. The first-order valence-corrected chi connectivity index (χ1v) is 26.8. The fraction of sp³-hybridized carbons (Fsp3) is 0.0133. The van der Waals surface area contributed by atoms with Gasteiger partial charge >= 0.3 is 0 Å². The standard InChI is InChI=1S/C75H53N3/c1-52-67-26-14-15-27-68(67)71-50-65(46-48-70(71)75(52)59-22-10-4-11-23-59)76(61-38-30-55(31-39-61)53-18-6-2-7-19-53)62-42-34-57(35-43-62)58-36-44-64(45-37-58)77(63-40-32-56(33-41-63)54-20-8-3-9-21-54)66-47-49-74-72(51-66)69-28-16-17-29-73(69)78(74)60-24-12-5-13-25-60/h2-51,75H,1H2. The highest BCUT2D eigenvalue weighted by molar-refractivity contribution is 6.11. The van der Waals surface area contributed by atoms with Crippen molar-refractivity contribution in [3.05, 3.63) is 327 Å². The lowest BCUT2D eigenvalue weighted by Gasteiger charge is -2.33. The van der Waals surface area contributed by atoms with Crippen molar-refractivity contribution in [3.8, 4) is 50.2 Å². The Balaban J connectivity index is 0.840. The highest BCUT2D eigenvalue weighted by atomic mass is 15.1. The third kappa shape index (κ3) is 8.35. The first-order valence-electron chi connectivity index (χ1n) is 26.8. The van der Waals surface area contributed by atoms with Crippen LogP contribution in [0.3, 0.4) is 0 Å². The third-order valence-electron chi connectivity index (χ3n) is 15.6. The van der Waals surface area contributed by atoms with Gasteiger partial charge in [0.05, 0.1) is 11.0 Å². The minimum Gasteiger partial charge on any atom is -0.310 e. The molecule has 0 amide bonds. The Labute approximate surface area is 456 Å². The molecule has 0 bridgehead atoms. The number of hydrogen-bond acceptors (Lipinski definition) is 2. The van der Waals surface area contributed by atoms with E-state index < -0.39 is 0 Å². The minimum absolute atomic E-state index is 0.0542. The van der Waals surface area contributed by atoms with Crippen LogP contribution < -0.4 is 9.80 Å². The average molecular weight is 996 g/mol. The molecule has 78 heavy (non-hydrogen) atoms. The van der Waals surface area contributed by atoms with Crippen LogP contribution in [-0.4, -0.2) is 4.57 Å². The lowest BCUT2D eigenvalue weighted by atomic mass is 9.73. The van der Waals surface area contributed by atoms with Crippen molar-refractivity contribution >= 4 is 61.5 Å². The molecule has 0 aliphatic heterocycles. The monoisotopic (exact) mass is 995 g/mol. The zero-order valence-corrected chi connectivity index (χ0v) is 43.0. The van der Waals surface area contributed by atoms with E-state index in [0.717, 1.165) is 56.5 Å². The fourth-order valence-electron chi connectivity index (χ4n) is 11.9. The molecule has 1 aromatic heterocycles. The zero-order chi connectivity index (χ0) is 51.9. The smallest absolute Gasteiger partial charge is 0.0542 e. The van der Waals surface area contributed by atoms with Gasteiger partial charge in [-0.2, -0.15) is 0 Å². The second-order valence-electron chi connectivity index (χ2n) is 20.2. The summed E-state index contributed by atoms with van der Waals surface area (Å²) in [6.45, 7) is 4.70. The van der Waals surface area contributed by atoms with Crippen LogP contribution in [0.4, 0.5) is 34.1 Å². The highest BCUT2D eigenvalue weighted by Crippen LogP contribution is 2.51. The first-order chi connectivity index (χ1) is 38.6. The molecule has 14 rings (SSSR count). The van der Waals surface area contributed by atoms with E-state index in [9.17, 15) is 0 Å². The SMILES string of the molecule is C=C1c2ccccc2-c2cc(N(c3ccc(-c4ccccc4)cc3)c3ccc(-c4ccc(N(c5ccc(-c6ccccc6)cc5)c5ccc6c(c5)c5ccccc5n6-c5ccccc5)cc4)cc3)ccc2C1c1ccccc1. The van der Waals surface area contributed by atoms with Crippen LogP contribution in [-0.2, 0) is 0 Å². The first kappa shape index (κ1) is 46.3. The molecule has 0 radical (unpaired) electrons. The summed E-state index contributed by atoms with van der Waals surface area (Å²) in [5.74, 6) is 0.0542. The van der Waals surface area contributed by atoms with Crippen molar-refractivity contribution in [2.75, 3.05) is 9.80 Å². The number of nitrogens with zero attached hydrogens (tertiary/aromatic N) is 3. The van der Waals surface area contributed by atoms with Gasteiger partial charge in [-0.05, 0) is 164 Å². The maximum atomic E-state index is 4.70. The van der Waals surface area contributed by atoms with Gasteiger partial charge < -0.3 is 14.4 Å². The Kier molecular flexibility index (Phi) is 11.8. The number of benzene rings is 12. The van der Waals surface area contributed by atoms with E-state index in [1.807, 2.05) is 0 Å². The van der Waals surface area contributed by atoms with Crippen molar-refractivity contribution < 1.29 is 0 Å². The molecule has 1 aliphatic rings. The van der Waals surface area contributed by atoms with Crippen molar-refractivity contribution in [2.45, 2.75) is 5.92 Å². The lowest BCUT2D eigenvalue weighted by Crippen LogP contribution is -2.14. The molecular formula is C75H53N3. The Hall–Kier alpha value is -10.2. The summed E-state index contributed by atoms with van der Waals surface area (Å²) in [6, 6.07) is 110. The van der Waals surface area contributed by atoms with Crippen LogP contribution in [0.1, 0.15) is 22.6 Å². The molecule has 3 heteroatoms. The zero-order valence-electron chi connectivity index (χ0n) is 43.0. The van der Waals surface area contributed by atoms with Crippen LogP contribution in [0.15, 0.2) is 310 Å². The van der Waals surface area contributed by atoms with E-state index >= 15 is 0 Å². The Morgan fingerprint density at radius 3 is 1.19 bits per heavy atom. The second-order valence-corrected chi connectivity index (χ2v) is 20.2. The average Bonchev–Trinajstić information content (AvgIpc) is 3.92. The lowest BCUT2D eigenvalue weighted by molar-refractivity contribution is 1.04. The largest absolute Gasteiger partial charge is 0.310 e. The van der Waals surface area contributed by atoms with Crippen LogP contribution in [0, 0.1) is 0 Å². The second kappa shape index (κ2) is 19.8. The van der Waals surface area contributed by atoms with Gasteiger partial charge in [-0.15, -0.1) is 0 Å². The molecule has 0 N–H and O–H groups in total. The van der Waals surface area contributed by atoms with E-state index in [1.165, 1.54) is 71.9 Å². The molecule has 0 saturated heterocycles. The van der Waals surface area contributed by atoms with E-state index in [4.69, 9.17) is 6.58 Å². The van der Waals surface area contributed by atoms with Gasteiger partial charge in [0.1, 0.15) is 0 Å². The molecule has 1 atom stereocenters. The predicted molar refractivity (Wildman–Crippen MR) is 329 cm³/mol. The molecular weight excluding hydrogens is 943 g/mol. The predicted octanol–water partition coefficient (Wildman–Crippen LogP) is 20.6. The Morgan fingerprint density at radius 1 is 0.282 bits per heavy atom. The Bertz CT molecular complexity index is 4280. The summed E-state index contributed by atoms with van der Waals surface area (Å²) in [7, 11) is 0. The van der Waals surface area contributed by atoms with Crippen molar-refractivity contribution in [2.24, 2.45) is 0 Å². The highest BCUT2D eigenvalue weighted by Gasteiger charge is 2.30. The van der Waals surface area contributed by atoms with Crippen molar-refractivity contribution in [3.63, 3.8) is 0 Å². The minimum atomic E-state index is 0.0542. The van der Waals surface area contributed by atoms with Crippen LogP contribution in [0.25, 0.3) is 77.6 Å². The van der Waals surface area contributed by atoms with Crippen molar-refractivity contribution in [1.82, 2.24) is 4.57 Å². The molecule has 12 aromatic carbocycles. The third-order valence-corrected chi connectivity index (χ3v) is 15.6. The number of aromatic nitrogens is 1. The van der Waals surface area contributed by atoms with Gasteiger partial charge in [0, 0.05) is 56.5 Å². The molecule has 3 nitrogen and oxygen atoms in total. The summed E-state index contributed by atoms with van der Waals surface area (Å²) >= 11 is 0. The summed E-state index contributed by atoms with van der Waals surface area (Å²) in [4.78, 5) is 4.77. The number of anilines is 6.